The van der Waals surface area contributed by atoms with Crippen molar-refractivity contribution in [1.29, 1.82) is 0 Å². The molecule has 7 rings (SSSR count). The molecule has 1 aromatic heterocycles. The third-order valence-electron chi connectivity index (χ3n) is 8.77. The van der Waals surface area contributed by atoms with Crippen molar-refractivity contribution in [2.45, 2.75) is 23.6 Å². The van der Waals surface area contributed by atoms with Crippen LogP contribution in [-0.4, -0.2) is 22.3 Å². The summed E-state index contributed by atoms with van der Waals surface area (Å²) in [5.74, 6) is -1.59. The summed E-state index contributed by atoms with van der Waals surface area (Å²) in [7, 11) is 0. The van der Waals surface area contributed by atoms with Crippen LogP contribution >= 0.6 is 11.8 Å². The summed E-state index contributed by atoms with van der Waals surface area (Å²) in [4.78, 5) is 41.3. The molecule has 53 heavy (non-hydrogen) atoms. The van der Waals surface area contributed by atoms with E-state index in [0.29, 0.717) is 22.5 Å². The number of hydrogen-bond donors (Lipinski definition) is 3. The molecule has 0 bridgehead atoms. The number of rotatable bonds is 11. The second-order valence-electron chi connectivity index (χ2n) is 12.3. The largest absolute Gasteiger partial charge is 0.341 e. The van der Waals surface area contributed by atoms with Gasteiger partial charge in [0.25, 0.3) is 11.8 Å². The van der Waals surface area contributed by atoms with Gasteiger partial charge in [-0.05, 0) is 96.9 Å². The number of para-hydroxylation sites is 1. The van der Waals surface area contributed by atoms with E-state index < -0.39 is 22.9 Å². The van der Waals surface area contributed by atoms with Crippen LogP contribution in [0.5, 0.6) is 0 Å². The highest BCUT2D eigenvalue weighted by Crippen LogP contribution is 2.37. The van der Waals surface area contributed by atoms with E-state index in [1.807, 2.05) is 66.7 Å². The first kappa shape index (κ1) is 35.0. The zero-order valence-corrected chi connectivity index (χ0v) is 29.6. The van der Waals surface area contributed by atoms with E-state index in [2.05, 4.69) is 45.6 Å². The first-order valence-corrected chi connectivity index (χ1v) is 18.0. The van der Waals surface area contributed by atoms with E-state index in [1.165, 1.54) is 42.1 Å². The standard InChI is InChI=1S/C44H35FN4O3S/c1-2-49-39-16-10-9-15-36(39)37-28-34(23-26-40(37)49)47-44(52)41(30-11-5-3-6-12-30)53-35-24-21-33(22-25-35)46-43(51)38(27-29-17-19-32(45)20-18-29)48-42(50)31-13-7-4-8-14-31/h3-28,41H,2H2,1H3,(H,46,51)(H,47,52)(H,48,50)/b38-27-. The third-order valence-corrected chi connectivity index (χ3v) is 10.0. The van der Waals surface area contributed by atoms with Crippen molar-refractivity contribution in [2.24, 2.45) is 0 Å². The normalized spacial score (nSPS) is 12.0. The molecule has 1 heterocycles. The molecule has 1 unspecified atom stereocenters. The van der Waals surface area contributed by atoms with Crippen LogP contribution in [0.15, 0.2) is 162 Å². The van der Waals surface area contributed by atoms with E-state index in [9.17, 15) is 18.8 Å². The maximum atomic E-state index is 14.0. The van der Waals surface area contributed by atoms with Gasteiger partial charge < -0.3 is 20.5 Å². The van der Waals surface area contributed by atoms with E-state index in [1.54, 1.807) is 42.5 Å². The zero-order valence-electron chi connectivity index (χ0n) is 28.8. The Bertz CT molecular complexity index is 2450. The lowest BCUT2D eigenvalue weighted by Gasteiger charge is -2.18. The van der Waals surface area contributed by atoms with Gasteiger partial charge in [0.2, 0.25) is 5.91 Å². The molecule has 7 nitrogen and oxygen atoms in total. The van der Waals surface area contributed by atoms with E-state index >= 15 is 0 Å². The van der Waals surface area contributed by atoms with Crippen molar-refractivity contribution in [2.75, 3.05) is 10.6 Å². The molecule has 262 valence electrons. The number of nitrogens with one attached hydrogen (secondary N) is 3. The molecule has 0 aliphatic heterocycles. The molecule has 1 atom stereocenters. The quantitative estimate of drug-likeness (QED) is 0.0918. The molecule has 0 saturated carbocycles. The maximum absolute atomic E-state index is 14.0. The molecule has 0 aliphatic rings. The minimum atomic E-state index is -0.567. The molecule has 0 radical (unpaired) electrons. The second kappa shape index (κ2) is 15.8. The van der Waals surface area contributed by atoms with Crippen LogP contribution in [0.2, 0.25) is 0 Å². The molecule has 0 saturated heterocycles. The molecule has 0 aliphatic carbocycles. The Labute approximate surface area is 310 Å². The van der Waals surface area contributed by atoms with Gasteiger partial charge in [-0.2, -0.15) is 0 Å². The highest BCUT2D eigenvalue weighted by Gasteiger charge is 2.23. The van der Waals surface area contributed by atoms with Crippen molar-refractivity contribution >= 4 is 68.7 Å². The SMILES string of the molecule is CCn1c2ccccc2c2cc(NC(=O)C(Sc3ccc(NC(=O)/C(=C/c4ccc(F)cc4)NC(=O)c4ccccc4)cc3)c3ccccc3)ccc21. The molecule has 6 aromatic carbocycles. The van der Waals surface area contributed by atoms with Crippen LogP contribution in [0, 0.1) is 5.82 Å². The number of fused-ring (bicyclic) bond motifs is 3. The molecule has 0 spiro atoms. The van der Waals surface area contributed by atoms with E-state index in [-0.39, 0.29) is 11.6 Å². The highest BCUT2D eigenvalue weighted by atomic mass is 32.2. The monoisotopic (exact) mass is 718 g/mol. The third kappa shape index (κ3) is 8.06. The van der Waals surface area contributed by atoms with Crippen molar-refractivity contribution in [3.63, 3.8) is 0 Å². The van der Waals surface area contributed by atoms with Crippen molar-refractivity contribution in [1.82, 2.24) is 9.88 Å². The topological polar surface area (TPSA) is 92.2 Å². The van der Waals surface area contributed by atoms with Crippen LogP contribution in [0.4, 0.5) is 15.8 Å². The van der Waals surface area contributed by atoms with Gasteiger partial charge in [-0.1, -0.05) is 78.9 Å². The smallest absolute Gasteiger partial charge is 0.272 e. The van der Waals surface area contributed by atoms with Crippen molar-refractivity contribution in [3.05, 3.63) is 180 Å². The molecule has 3 N–H and O–H groups in total. The summed E-state index contributed by atoms with van der Waals surface area (Å²) < 4.78 is 15.8. The van der Waals surface area contributed by atoms with Gasteiger partial charge in [-0.3, -0.25) is 14.4 Å². The number of carbonyl (C=O) groups excluding carboxylic acids is 3. The van der Waals surface area contributed by atoms with Gasteiger partial charge in [0, 0.05) is 50.2 Å². The number of aryl methyl sites for hydroxylation is 1. The number of hydrogen-bond acceptors (Lipinski definition) is 4. The Morgan fingerprint density at radius 2 is 1.34 bits per heavy atom. The number of benzene rings is 6. The van der Waals surface area contributed by atoms with Crippen LogP contribution < -0.4 is 16.0 Å². The zero-order chi connectivity index (χ0) is 36.7. The predicted molar refractivity (Wildman–Crippen MR) is 212 cm³/mol. The average molecular weight is 719 g/mol. The maximum Gasteiger partial charge on any atom is 0.272 e. The Morgan fingerprint density at radius 3 is 2.06 bits per heavy atom. The Kier molecular flexibility index (Phi) is 10.5. The summed E-state index contributed by atoms with van der Waals surface area (Å²) in [5.41, 5.74) is 5.22. The molecular weight excluding hydrogens is 684 g/mol. The number of thioether (sulfide) groups is 1. The predicted octanol–water partition coefficient (Wildman–Crippen LogP) is 9.84. The summed E-state index contributed by atoms with van der Waals surface area (Å²) >= 11 is 1.40. The fourth-order valence-electron chi connectivity index (χ4n) is 6.20. The minimum Gasteiger partial charge on any atom is -0.341 e. The lowest BCUT2D eigenvalue weighted by molar-refractivity contribution is -0.116. The van der Waals surface area contributed by atoms with Gasteiger partial charge in [0.15, 0.2) is 0 Å². The molecular formula is C44H35FN4O3S. The van der Waals surface area contributed by atoms with E-state index in [0.717, 1.165) is 38.8 Å². The van der Waals surface area contributed by atoms with Gasteiger partial charge in [0.1, 0.15) is 16.8 Å². The van der Waals surface area contributed by atoms with E-state index in [4.69, 9.17) is 0 Å². The minimum absolute atomic E-state index is 0.0119. The lowest BCUT2D eigenvalue weighted by Crippen LogP contribution is -2.30. The van der Waals surface area contributed by atoms with Gasteiger partial charge in [0.05, 0.1) is 0 Å². The Morgan fingerprint density at radius 1 is 0.698 bits per heavy atom. The molecule has 3 amide bonds. The van der Waals surface area contributed by atoms with Crippen LogP contribution in [-0.2, 0) is 16.1 Å². The van der Waals surface area contributed by atoms with Crippen LogP contribution in [0.3, 0.4) is 0 Å². The average Bonchev–Trinajstić information content (AvgIpc) is 3.51. The fourth-order valence-corrected chi connectivity index (χ4v) is 7.22. The number of nitrogens with zero attached hydrogens (tertiary/aromatic N) is 1. The van der Waals surface area contributed by atoms with Gasteiger partial charge in [-0.15, -0.1) is 11.8 Å². The summed E-state index contributed by atoms with van der Waals surface area (Å²) in [6.07, 6.45) is 1.49. The first-order chi connectivity index (χ1) is 25.9. The second-order valence-corrected chi connectivity index (χ2v) is 13.5. The van der Waals surface area contributed by atoms with Crippen LogP contribution in [0.1, 0.15) is 33.7 Å². The highest BCUT2D eigenvalue weighted by molar-refractivity contribution is 8.00. The summed E-state index contributed by atoms with van der Waals surface area (Å²) in [6.45, 7) is 2.96. The number of halogens is 1. The summed E-state index contributed by atoms with van der Waals surface area (Å²) in [5, 5.41) is 10.3. The summed E-state index contributed by atoms with van der Waals surface area (Å²) in [6, 6.07) is 45.2. The number of amides is 3. The Hall–Kier alpha value is -6.45. The van der Waals surface area contributed by atoms with Gasteiger partial charge in [-0.25, -0.2) is 4.39 Å². The molecule has 9 heteroatoms. The van der Waals surface area contributed by atoms with Crippen molar-refractivity contribution in [3.8, 4) is 0 Å². The lowest BCUT2D eigenvalue weighted by atomic mass is 10.1. The number of aromatic nitrogens is 1. The van der Waals surface area contributed by atoms with Crippen LogP contribution in [0.25, 0.3) is 27.9 Å². The molecule has 7 aromatic rings. The molecule has 0 fully saturated rings. The van der Waals surface area contributed by atoms with Crippen molar-refractivity contribution < 1.29 is 18.8 Å². The fraction of sp³-hybridized carbons (Fsp3) is 0.0682. The number of anilines is 2. The first-order valence-electron chi connectivity index (χ1n) is 17.1. The Balaban J connectivity index is 1.09. The number of carbonyl (C=O) groups is 3. The van der Waals surface area contributed by atoms with Gasteiger partial charge >= 0.3 is 0 Å².